The van der Waals surface area contributed by atoms with Crippen LogP contribution in [0.1, 0.15) is 74.7 Å². The lowest BCUT2D eigenvalue weighted by molar-refractivity contribution is -0.128. The molecule has 3 aromatic rings. The lowest BCUT2D eigenvalue weighted by atomic mass is 9.73. The number of carbonyl (C=O) groups excluding carboxylic acids is 1. The fourth-order valence-corrected chi connectivity index (χ4v) is 4.03. The zero-order valence-electron chi connectivity index (χ0n) is 19.7. The highest BCUT2D eigenvalue weighted by atomic mass is 16.5. The minimum Gasteiger partial charge on any atom is -0.486 e. The largest absolute Gasteiger partial charge is 0.486 e. The number of aromatic carboxylic acids is 1. The number of aryl methyl sites for hydroxylation is 1. The number of Topliss-reactive ketones (excluding diaryl/α,β-unsaturated/α-hetero) is 1. The second-order valence-corrected chi connectivity index (χ2v) is 9.40. The predicted octanol–water partition coefficient (Wildman–Crippen LogP) is 6.54. The highest BCUT2D eigenvalue weighted by molar-refractivity contribution is 5.93. The van der Waals surface area contributed by atoms with Gasteiger partial charge in [0.25, 0.3) is 0 Å². The third-order valence-corrected chi connectivity index (χ3v) is 6.36. The summed E-state index contributed by atoms with van der Waals surface area (Å²) < 4.78 is 12.0. The highest BCUT2D eigenvalue weighted by Crippen LogP contribution is 2.42. The van der Waals surface area contributed by atoms with E-state index in [0.717, 1.165) is 35.1 Å². The first-order chi connectivity index (χ1) is 15.0. The van der Waals surface area contributed by atoms with Crippen LogP contribution < -0.4 is 4.74 Å². The number of furan rings is 1. The number of carboxylic acid groups (broad SMARTS) is 1. The number of benzene rings is 2. The lowest BCUT2D eigenvalue weighted by Gasteiger charge is -2.31. The molecule has 0 atom stereocenters. The van der Waals surface area contributed by atoms with E-state index in [0.29, 0.717) is 11.3 Å². The highest BCUT2D eigenvalue weighted by Gasteiger charge is 2.35. The maximum atomic E-state index is 12.2. The minimum absolute atomic E-state index is 0.0475. The second-order valence-electron chi connectivity index (χ2n) is 9.40. The van der Waals surface area contributed by atoms with Crippen molar-refractivity contribution < 1.29 is 23.8 Å². The molecule has 0 radical (unpaired) electrons. The molecule has 0 aliphatic heterocycles. The van der Waals surface area contributed by atoms with E-state index in [-0.39, 0.29) is 23.4 Å². The van der Waals surface area contributed by atoms with Gasteiger partial charge in [0, 0.05) is 10.8 Å². The number of hydrogen-bond donors (Lipinski definition) is 1. The number of carbonyl (C=O) groups is 2. The summed E-state index contributed by atoms with van der Waals surface area (Å²) in [6.45, 7) is 11.9. The standard InChI is InChI=1S/C27H32O5/c1-7-27(8-2,24-15-19-14-18(25(29)30)9-11-22(19)32-24)20-10-12-21(17(3)13-20)31-16-23(28)26(4,5)6/h9-15H,7-8,16H2,1-6H3,(H,29,30). The van der Waals surface area contributed by atoms with Gasteiger partial charge in [-0.1, -0.05) is 46.8 Å². The van der Waals surface area contributed by atoms with Crippen LogP contribution >= 0.6 is 0 Å². The number of fused-ring (bicyclic) bond motifs is 1. The van der Waals surface area contributed by atoms with Crippen molar-refractivity contribution in [1.82, 2.24) is 0 Å². The molecule has 170 valence electrons. The molecule has 5 nitrogen and oxygen atoms in total. The molecule has 0 bridgehead atoms. The molecular formula is C27H32O5. The molecule has 0 spiro atoms. The van der Waals surface area contributed by atoms with Gasteiger partial charge < -0.3 is 14.3 Å². The normalized spacial score (nSPS) is 12.2. The van der Waals surface area contributed by atoms with Crippen molar-refractivity contribution in [3.63, 3.8) is 0 Å². The van der Waals surface area contributed by atoms with Crippen LogP contribution in [0, 0.1) is 12.3 Å². The Kier molecular flexibility index (Phi) is 6.49. The molecule has 0 amide bonds. The van der Waals surface area contributed by atoms with E-state index in [4.69, 9.17) is 9.15 Å². The Morgan fingerprint density at radius 3 is 2.25 bits per heavy atom. The fourth-order valence-electron chi connectivity index (χ4n) is 4.03. The van der Waals surface area contributed by atoms with Crippen LogP contribution in [0.5, 0.6) is 5.75 Å². The van der Waals surface area contributed by atoms with E-state index in [1.165, 1.54) is 0 Å². The topological polar surface area (TPSA) is 76.7 Å². The smallest absolute Gasteiger partial charge is 0.335 e. The molecule has 5 heteroatoms. The van der Waals surface area contributed by atoms with Gasteiger partial charge in [0.15, 0.2) is 5.78 Å². The van der Waals surface area contributed by atoms with E-state index in [2.05, 4.69) is 19.9 Å². The van der Waals surface area contributed by atoms with Crippen LogP contribution in [0.15, 0.2) is 46.9 Å². The summed E-state index contributed by atoms with van der Waals surface area (Å²) in [5, 5.41) is 10.1. The molecule has 1 heterocycles. The first-order valence-corrected chi connectivity index (χ1v) is 11.1. The maximum Gasteiger partial charge on any atom is 0.335 e. The van der Waals surface area contributed by atoms with Crippen LogP contribution in [-0.4, -0.2) is 23.5 Å². The summed E-state index contributed by atoms with van der Waals surface area (Å²) in [4.78, 5) is 23.6. The predicted molar refractivity (Wildman–Crippen MR) is 126 cm³/mol. The summed E-state index contributed by atoms with van der Waals surface area (Å²) in [5.41, 5.74) is 2.19. The van der Waals surface area contributed by atoms with E-state index in [1.807, 2.05) is 45.9 Å². The van der Waals surface area contributed by atoms with E-state index < -0.39 is 11.4 Å². The first kappa shape index (κ1) is 23.6. The summed E-state index contributed by atoms with van der Waals surface area (Å²) in [6.07, 6.45) is 1.63. The monoisotopic (exact) mass is 436 g/mol. The Hall–Kier alpha value is -3.08. The maximum absolute atomic E-state index is 12.2. The summed E-state index contributed by atoms with van der Waals surface area (Å²) in [5.74, 6) is 0.614. The minimum atomic E-state index is -0.956. The van der Waals surface area contributed by atoms with Crippen LogP contribution in [0.25, 0.3) is 11.0 Å². The molecule has 32 heavy (non-hydrogen) atoms. The van der Waals surface area contributed by atoms with Crippen LogP contribution in [0.4, 0.5) is 0 Å². The SMILES string of the molecule is CCC(CC)(c1ccc(OCC(=O)C(C)(C)C)c(C)c1)c1cc2cc(C(=O)O)ccc2o1. The molecule has 2 aromatic carbocycles. The van der Waals surface area contributed by atoms with E-state index in [9.17, 15) is 14.7 Å². The van der Waals surface area contributed by atoms with Gasteiger partial charge >= 0.3 is 5.97 Å². The molecule has 1 aromatic heterocycles. The van der Waals surface area contributed by atoms with Crippen molar-refractivity contribution >= 4 is 22.7 Å². The number of ketones is 1. The summed E-state index contributed by atoms with van der Waals surface area (Å²) in [7, 11) is 0. The number of carboxylic acids is 1. The number of hydrogen-bond acceptors (Lipinski definition) is 4. The fraction of sp³-hybridized carbons (Fsp3) is 0.407. The Labute approximate surface area is 189 Å². The van der Waals surface area contributed by atoms with Crippen molar-refractivity contribution in [3.05, 3.63) is 64.9 Å². The van der Waals surface area contributed by atoms with Crippen molar-refractivity contribution in [2.75, 3.05) is 6.61 Å². The third-order valence-electron chi connectivity index (χ3n) is 6.36. The average Bonchev–Trinajstić information content (AvgIpc) is 3.17. The Morgan fingerprint density at radius 1 is 1.00 bits per heavy atom. The van der Waals surface area contributed by atoms with Crippen LogP contribution in [-0.2, 0) is 10.2 Å². The lowest BCUT2D eigenvalue weighted by Crippen LogP contribution is -2.27. The zero-order valence-corrected chi connectivity index (χ0v) is 19.7. The number of rotatable bonds is 8. The van der Waals surface area contributed by atoms with Gasteiger partial charge in [-0.25, -0.2) is 4.79 Å². The van der Waals surface area contributed by atoms with Crippen molar-refractivity contribution in [2.24, 2.45) is 5.41 Å². The van der Waals surface area contributed by atoms with Gasteiger partial charge in [0.1, 0.15) is 23.7 Å². The molecule has 0 aliphatic carbocycles. The van der Waals surface area contributed by atoms with Gasteiger partial charge in [0.05, 0.1) is 11.0 Å². The van der Waals surface area contributed by atoms with E-state index in [1.54, 1.807) is 18.2 Å². The first-order valence-electron chi connectivity index (χ1n) is 11.1. The van der Waals surface area contributed by atoms with Gasteiger partial charge in [-0.3, -0.25) is 4.79 Å². The second kappa shape index (κ2) is 8.81. The van der Waals surface area contributed by atoms with Crippen molar-refractivity contribution in [2.45, 2.75) is 59.8 Å². The third kappa shape index (κ3) is 4.43. The number of ether oxygens (including phenoxy) is 1. The van der Waals surface area contributed by atoms with E-state index >= 15 is 0 Å². The molecule has 1 N–H and O–H groups in total. The molecule has 0 aliphatic rings. The van der Waals surface area contributed by atoms with Gasteiger partial charge in [-0.2, -0.15) is 0 Å². The molecule has 0 fully saturated rings. The molecular weight excluding hydrogens is 404 g/mol. The molecule has 3 rings (SSSR count). The Balaban J connectivity index is 1.97. The Bertz CT molecular complexity index is 1140. The van der Waals surface area contributed by atoms with Crippen molar-refractivity contribution in [1.29, 1.82) is 0 Å². The summed E-state index contributed by atoms with van der Waals surface area (Å²) >= 11 is 0. The van der Waals surface area contributed by atoms with Gasteiger partial charge in [0.2, 0.25) is 0 Å². The average molecular weight is 437 g/mol. The zero-order chi connectivity index (χ0) is 23.7. The van der Waals surface area contributed by atoms with Crippen molar-refractivity contribution in [3.8, 4) is 5.75 Å². The molecule has 0 saturated carbocycles. The molecule has 0 saturated heterocycles. The van der Waals surface area contributed by atoms with Gasteiger partial charge in [-0.15, -0.1) is 0 Å². The Morgan fingerprint density at radius 2 is 1.69 bits per heavy atom. The molecule has 0 unspecified atom stereocenters. The quantitative estimate of drug-likeness (QED) is 0.434. The van der Waals surface area contributed by atoms with Crippen LogP contribution in [0.3, 0.4) is 0 Å². The summed E-state index contributed by atoms with van der Waals surface area (Å²) in [6, 6.07) is 12.9. The van der Waals surface area contributed by atoms with Crippen LogP contribution in [0.2, 0.25) is 0 Å². The van der Waals surface area contributed by atoms with Gasteiger partial charge in [-0.05, 0) is 61.2 Å².